The number of rotatable bonds is 4. The average molecular weight is 332 g/mol. The van der Waals surface area contributed by atoms with E-state index in [9.17, 15) is 9.59 Å². The van der Waals surface area contributed by atoms with Crippen LogP contribution >= 0.6 is 0 Å². The third kappa shape index (κ3) is 5.95. The molecule has 0 aliphatic carbocycles. The molecule has 0 aromatic carbocycles. The van der Waals surface area contributed by atoms with Crippen molar-refractivity contribution in [3.8, 4) is 11.3 Å². The SMILES string of the molecule is CC.CC.CCn1cnc(-c2cnc(C(C)=O)c(NC(C)=O)c2)c1. The highest BCUT2D eigenvalue weighted by Gasteiger charge is 2.13. The number of ketones is 1. The summed E-state index contributed by atoms with van der Waals surface area (Å²) >= 11 is 0. The monoisotopic (exact) mass is 332 g/mol. The van der Waals surface area contributed by atoms with Gasteiger partial charge in [-0.05, 0) is 13.0 Å². The Morgan fingerprint density at radius 1 is 1.12 bits per heavy atom. The first-order valence-electron chi connectivity index (χ1n) is 8.32. The van der Waals surface area contributed by atoms with Crippen LogP contribution in [0.3, 0.4) is 0 Å². The van der Waals surface area contributed by atoms with Gasteiger partial charge in [0.1, 0.15) is 5.69 Å². The maximum atomic E-state index is 11.5. The lowest BCUT2D eigenvalue weighted by Crippen LogP contribution is -2.11. The van der Waals surface area contributed by atoms with Gasteiger partial charge in [0.05, 0.1) is 17.7 Å². The normalized spacial score (nSPS) is 9.12. The van der Waals surface area contributed by atoms with Crippen molar-refractivity contribution in [2.45, 2.75) is 55.0 Å². The maximum Gasteiger partial charge on any atom is 0.221 e. The van der Waals surface area contributed by atoms with Gasteiger partial charge in [-0.3, -0.25) is 14.6 Å². The minimum atomic E-state index is -0.245. The highest BCUT2D eigenvalue weighted by molar-refractivity contribution is 6.02. The first kappa shape index (κ1) is 21.5. The molecule has 0 bridgehead atoms. The Balaban J connectivity index is 0.00000123. The van der Waals surface area contributed by atoms with Crippen LogP contribution < -0.4 is 5.32 Å². The lowest BCUT2D eigenvalue weighted by molar-refractivity contribution is -0.114. The minimum Gasteiger partial charge on any atom is -0.337 e. The molecule has 0 saturated heterocycles. The number of pyridine rings is 1. The van der Waals surface area contributed by atoms with E-state index in [1.54, 1.807) is 18.6 Å². The molecule has 0 aliphatic heterocycles. The molecule has 6 heteroatoms. The first-order valence-corrected chi connectivity index (χ1v) is 8.32. The summed E-state index contributed by atoms with van der Waals surface area (Å²) < 4.78 is 1.94. The predicted octanol–water partition coefficient (Wildman–Crippen LogP) is 4.18. The summed E-state index contributed by atoms with van der Waals surface area (Å²) in [5.74, 6) is -0.440. The number of amides is 1. The number of carbonyl (C=O) groups is 2. The molecule has 132 valence electrons. The van der Waals surface area contributed by atoms with Gasteiger partial charge in [-0.25, -0.2) is 4.98 Å². The summed E-state index contributed by atoms with van der Waals surface area (Å²) in [5.41, 5.74) is 2.17. The molecule has 1 amide bonds. The van der Waals surface area contributed by atoms with Crippen molar-refractivity contribution in [1.82, 2.24) is 14.5 Å². The Morgan fingerprint density at radius 2 is 1.75 bits per heavy atom. The Kier molecular flexibility index (Phi) is 9.94. The second-order valence-corrected chi connectivity index (χ2v) is 4.45. The molecule has 0 radical (unpaired) electrons. The van der Waals surface area contributed by atoms with Crippen molar-refractivity contribution >= 4 is 17.4 Å². The molecule has 0 aliphatic rings. The van der Waals surface area contributed by atoms with E-state index < -0.39 is 0 Å². The van der Waals surface area contributed by atoms with Crippen LogP contribution in [-0.4, -0.2) is 26.2 Å². The number of anilines is 1. The average Bonchev–Trinajstić information content (AvgIpc) is 3.07. The van der Waals surface area contributed by atoms with Crippen molar-refractivity contribution in [3.63, 3.8) is 0 Å². The number of hydrogen-bond acceptors (Lipinski definition) is 4. The van der Waals surface area contributed by atoms with Crippen LogP contribution in [-0.2, 0) is 11.3 Å². The lowest BCUT2D eigenvalue weighted by atomic mass is 10.1. The van der Waals surface area contributed by atoms with Gasteiger partial charge in [0.25, 0.3) is 0 Å². The molecule has 0 spiro atoms. The van der Waals surface area contributed by atoms with E-state index in [1.165, 1.54) is 13.8 Å². The Labute approximate surface area is 144 Å². The summed E-state index contributed by atoms with van der Waals surface area (Å²) in [6, 6.07) is 1.72. The van der Waals surface area contributed by atoms with E-state index in [0.29, 0.717) is 5.69 Å². The molecule has 2 heterocycles. The molecule has 0 atom stereocenters. The number of carbonyl (C=O) groups excluding carboxylic acids is 2. The van der Waals surface area contributed by atoms with Gasteiger partial charge in [0, 0.05) is 38.3 Å². The van der Waals surface area contributed by atoms with Crippen molar-refractivity contribution in [1.29, 1.82) is 0 Å². The maximum absolute atomic E-state index is 11.5. The second kappa shape index (κ2) is 11.1. The van der Waals surface area contributed by atoms with Gasteiger partial charge in [-0.15, -0.1) is 0 Å². The number of aromatic nitrogens is 3. The third-order valence-electron chi connectivity index (χ3n) is 2.83. The second-order valence-electron chi connectivity index (χ2n) is 4.45. The molecule has 1 N–H and O–H groups in total. The molecule has 0 fully saturated rings. The van der Waals surface area contributed by atoms with E-state index in [1.807, 2.05) is 45.4 Å². The van der Waals surface area contributed by atoms with Crippen molar-refractivity contribution in [3.05, 3.63) is 30.5 Å². The molecule has 2 aromatic rings. The van der Waals surface area contributed by atoms with Crippen molar-refractivity contribution in [2.24, 2.45) is 0 Å². The van der Waals surface area contributed by atoms with Crippen LogP contribution in [0, 0.1) is 0 Å². The number of nitrogens with zero attached hydrogens (tertiary/aromatic N) is 3. The van der Waals surface area contributed by atoms with Gasteiger partial charge in [0.2, 0.25) is 5.91 Å². The van der Waals surface area contributed by atoms with Gasteiger partial charge >= 0.3 is 0 Å². The zero-order valence-electron chi connectivity index (χ0n) is 15.7. The number of nitrogens with one attached hydrogen (secondary N) is 1. The van der Waals surface area contributed by atoms with E-state index in [2.05, 4.69) is 15.3 Å². The summed E-state index contributed by atoms with van der Waals surface area (Å²) in [6.45, 7) is 13.7. The first-order chi connectivity index (χ1) is 11.5. The molecule has 2 rings (SSSR count). The summed E-state index contributed by atoms with van der Waals surface area (Å²) in [5, 5.41) is 2.63. The minimum absolute atomic E-state index is 0.195. The van der Waals surface area contributed by atoms with Gasteiger partial charge in [-0.2, -0.15) is 0 Å². The van der Waals surface area contributed by atoms with Crippen LogP contribution in [0.15, 0.2) is 24.8 Å². The Morgan fingerprint density at radius 3 is 2.21 bits per heavy atom. The zero-order chi connectivity index (χ0) is 18.7. The third-order valence-corrected chi connectivity index (χ3v) is 2.83. The van der Waals surface area contributed by atoms with Crippen LogP contribution in [0.2, 0.25) is 0 Å². The molecule has 6 nitrogen and oxygen atoms in total. The zero-order valence-corrected chi connectivity index (χ0v) is 15.7. The van der Waals surface area contributed by atoms with Gasteiger partial charge in [-0.1, -0.05) is 27.7 Å². The topological polar surface area (TPSA) is 76.9 Å². The molecule has 0 unspecified atom stereocenters. The van der Waals surface area contributed by atoms with Crippen LogP contribution in [0.5, 0.6) is 0 Å². The van der Waals surface area contributed by atoms with Crippen LogP contribution in [0.4, 0.5) is 5.69 Å². The Hall–Kier alpha value is -2.50. The number of aryl methyl sites for hydroxylation is 1. The smallest absolute Gasteiger partial charge is 0.221 e. The standard InChI is InChI=1S/C14H16N4O2.2C2H6/c1-4-18-7-13(16-8-18)11-5-12(17-10(3)20)14(9(2)19)15-6-11;2*1-2/h5-8H,4H2,1-3H3,(H,17,20);2*1-2H3. The fourth-order valence-electron chi connectivity index (χ4n) is 1.85. The number of imidazole rings is 1. The lowest BCUT2D eigenvalue weighted by Gasteiger charge is -2.08. The van der Waals surface area contributed by atoms with Crippen molar-refractivity contribution < 1.29 is 9.59 Å². The summed E-state index contributed by atoms with van der Waals surface area (Å²) in [4.78, 5) is 31.1. The fraction of sp³-hybridized carbons (Fsp3) is 0.444. The number of hydrogen-bond donors (Lipinski definition) is 1. The molecule has 2 aromatic heterocycles. The van der Waals surface area contributed by atoms with E-state index in [4.69, 9.17) is 0 Å². The quantitative estimate of drug-likeness (QED) is 0.852. The number of Topliss-reactive ketones (excluding diaryl/α,β-unsaturated/α-hetero) is 1. The van der Waals surface area contributed by atoms with Crippen LogP contribution in [0.1, 0.15) is 59.0 Å². The van der Waals surface area contributed by atoms with Crippen LogP contribution in [0.25, 0.3) is 11.3 Å². The molecular weight excluding hydrogens is 304 g/mol. The molecule has 24 heavy (non-hydrogen) atoms. The fourth-order valence-corrected chi connectivity index (χ4v) is 1.85. The molecular formula is C18H28N4O2. The largest absolute Gasteiger partial charge is 0.337 e. The predicted molar refractivity (Wildman–Crippen MR) is 98.1 cm³/mol. The van der Waals surface area contributed by atoms with E-state index in [0.717, 1.165) is 17.8 Å². The van der Waals surface area contributed by atoms with Gasteiger partial charge in [0.15, 0.2) is 5.78 Å². The van der Waals surface area contributed by atoms with Crippen molar-refractivity contribution in [2.75, 3.05) is 5.32 Å². The van der Waals surface area contributed by atoms with E-state index >= 15 is 0 Å². The molecule has 0 saturated carbocycles. The van der Waals surface area contributed by atoms with E-state index in [-0.39, 0.29) is 17.4 Å². The summed E-state index contributed by atoms with van der Waals surface area (Å²) in [6.07, 6.45) is 5.21. The summed E-state index contributed by atoms with van der Waals surface area (Å²) in [7, 11) is 0. The van der Waals surface area contributed by atoms with Gasteiger partial charge < -0.3 is 9.88 Å². The highest BCUT2D eigenvalue weighted by atomic mass is 16.1. The highest BCUT2D eigenvalue weighted by Crippen LogP contribution is 2.23. The Bertz CT molecular complexity index is 663.